The summed E-state index contributed by atoms with van der Waals surface area (Å²) in [5, 5.41) is 8.52. The highest BCUT2D eigenvalue weighted by Gasteiger charge is 2.43. The van der Waals surface area contributed by atoms with Crippen molar-refractivity contribution in [2.24, 2.45) is 11.8 Å². The average Bonchev–Trinajstić information content (AvgIpc) is 3.66. The summed E-state index contributed by atoms with van der Waals surface area (Å²) >= 11 is 0. The number of carbonyl (C=O) groups excluding carboxylic acids is 2. The molecule has 1 aliphatic heterocycles. The zero-order chi connectivity index (χ0) is 28.5. The van der Waals surface area contributed by atoms with Crippen molar-refractivity contribution in [2.45, 2.75) is 18.9 Å². The zero-order valence-electron chi connectivity index (χ0n) is 23.1. The van der Waals surface area contributed by atoms with E-state index in [1.165, 1.54) is 6.33 Å². The number of hydrogen-bond donors (Lipinski definition) is 2. The van der Waals surface area contributed by atoms with E-state index >= 15 is 0 Å². The summed E-state index contributed by atoms with van der Waals surface area (Å²) in [4.78, 5) is 42.3. The second-order valence-corrected chi connectivity index (χ2v) is 11.1. The van der Waals surface area contributed by atoms with Gasteiger partial charge in [0.25, 0.3) is 5.91 Å². The van der Waals surface area contributed by atoms with Crippen molar-refractivity contribution < 1.29 is 9.59 Å². The molecule has 1 saturated heterocycles. The molecule has 1 aromatic carbocycles. The zero-order valence-corrected chi connectivity index (χ0v) is 23.1. The molecule has 2 unspecified atom stereocenters. The van der Waals surface area contributed by atoms with Gasteiger partial charge in [-0.1, -0.05) is 24.3 Å². The molecule has 210 valence electrons. The number of nitrogens with two attached hydrogens (primary N) is 1. The molecule has 1 saturated carbocycles. The Morgan fingerprint density at radius 3 is 2.49 bits per heavy atom. The molecule has 0 radical (unpaired) electrons. The molecule has 1 aliphatic carbocycles. The van der Waals surface area contributed by atoms with Crippen LogP contribution in [0.4, 0.5) is 11.6 Å². The van der Waals surface area contributed by atoms with E-state index in [-0.39, 0.29) is 17.9 Å². The predicted molar refractivity (Wildman–Crippen MR) is 157 cm³/mol. The molecule has 0 spiro atoms. The first-order valence-corrected chi connectivity index (χ1v) is 13.8. The topological polar surface area (TPSA) is 135 Å². The molecule has 2 aliphatic rings. The SMILES string of the molecule is CN(C)CC=CC(=O)N1CC2CC(n3nc(-c4ccc(C(=O)Nc5ccccn5)cc4)c4c(N)ncnc43)CC2C1. The highest BCUT2D eigenvalue weighted by molar-refractivity contribution is 6.04. The predicted octanol–water partition coefficient (Wildman–Crippen LogP) is 3.25. The van der Waals surface area contributed by atoms with Crippen LogP contribution in [0.15, 0.2) is 67.1 Å². The average molecular weight is 552 g/mol. The van der Waals surface area contributed by atoms with Crippen LogP contribution in [0.1, 0.15) is 29.2 Å². The fourth-order valence-electron chi connectivity index (χ4n) is 5.97. The molecule has 3 aromatic heterocycles. The van der Waals surface area contributed by atoms with Gasteiger partial charge in [0.05, 0.1) is 11.4 Å². The number of likely N-dealkylation sites (N-methyl/N-ethyl adjacent to an activating group) is 1. The molecule has 2 amide bonds. The van der Waals surface area contributed by atoms with Crippen LogP contribution >= 0.6 is 0 Å². The van der Waals surface area contributed by atoms with Gasteiger partial charge in [-0.05, 0) is 63.0 Å². The Morgan fingerprint density at radius 1 is 1.05 bits per heavy atom. The minimum atomic E-state index is -0.244. The monoisotopic (exact) mass is 551 g/mol. The third-order valence-electron chi connectivity index (χ3n) is 7.96. The molecule has 11 heteroatoms. The molecule has 4 heterocycles. The highest BCUT2D eigenvalue weighted by atomic mass is 16.2. The van der Waals surface area contributed by atoms with E-state index in [0.29, 0.717) is 45.8 Å². The summed E-state index contributed by atoms with van der Waals surface area (Å²) in [6.45, 7) is 2.27. The first-order valence-electron chi connectivity index (χ1n) is 13.8. The van der Waals surface area contributed by atoms with Crippen LogP contribution in [0.25, 0.3) is 22.3 Å². The van der Waals surface area contributed by atoms with Crippen LogP contribution < -0.4 is 11.1 Å². The van der Waals surface area contributed by atoms with Crippen LogP contribution in [0.5, 0.6) is 0 Å². The number of nitrogens with zero attached hydrogens (tertiary/aromatic N) is 7. The summed E-state index contributed by atoms with van der Waals surface area (Å²) in [6.07, 6.45) is 8.55. The van der Waals surface area contributed by atoms with Crippen molar-refractivity contribution in [1.82, 2.24) is 34.5 Å². The molecule has 4 aromatic rings. The number of aromatic nitrogens is 5. The van der Waals surface area contributed by atoms with Crippen molar-refractivity contribution in [3.63, 3.8) is 0 Å². The molecule has 2 atom stereocenters. The Labute approximate surface area is 238 Å². The summed E-state index contributed by atoms with van der Waals surface area (Å²) in [7, 11) is 3.97. The van der Waals surface area contributed by atoms with Crippen molar-refractivity contribution in [1.29, 1.82) is 0 Å². The second-order valence-electron chi connectivity index (χ2n) is 11.1. The Bertz CT molecular complexity index is 1580. The number of nitrogen functional groups attached to an aromatic ring is 1. The lowest BCUT2D eigenvalue weighted by atomic mass is 10.0. The van der Waals surface area contributed by atoms with Gasteiger partial charge in [0.1, 0.15) is 23.7 Å². The van der Waals surface area contributed by atoms with E-state index in [2.05, 4.69) is 20.3 Å². The maximum absolute atomic E-state index is 12.7. The number of rotatable bonds is 7. The molecule has 0 bridgehead atoms. The first kappa shape index (κ1) is 26.6. The van der Waals surface area contributed by atoms with Gasteiger partial charge in [0.15, 0.2) is 5.65 Å². The molecule has 41 heavy (non-hydrogen) atoms. The fraction of sp³-hybridized carbons (Fsp3) is 0.333. The summed E-state index contributed by atoms with van der Waals surface area (Å²) < 4.78 is 1.99. The second kappa shape index (κ2) is 11.1. The van der Waals surface area contributed by atoms with Crippen molar-refractivity contribution in [2.75, 3.05) is 44.8 Å². The Morgan fingerprint density at radius 2 is 1.80 bits per heavy atom. The summed E-state index contributed by atoms with van der Waals surface area (Å²) in [5.74, 6) is 1.54. The molecule has 11 nitrogen and oxygen atoms in total. The molecular weight excluding hydrogens is 518 g/mol. The van der Waals surface area contributed by atoms with E-state index in [9.17, 15) is 9.59 Å². The third-order valence-corrected chi connectivity index (χ3v) is 7.96. The number of hydrogen-bond acceptors (Lipinski definition) is 8. The lowest BCUT2D eigenvalue weighted by Gasteiger charge is -2.18. The van der Waals surface area contributed by atoms with E-state index < -0.39 is 0 Å². The minimum absolute atomic E-state index is 0.0855. The van der Waals surface area contributed by atoms with Gasteiger partial charge in [-0.25, -0.2) is 19.6 Å². The van der Waals surface area contributed by atoms with Gasteiger partial charge < -0.3 is 20.9 Å². The van der Waals surface area contributed by atoms with E-state index in [0.717, 1.165) is 38.0 Å². The normalized spacial score (nSPS) is 20.3. The van der Waals surface area contributed by atoms with Crippen molar-refractivity contribution >= 4 is 34.5 Å². The molecule has 6 rings (SSSR count). The van der Waals surface area contributed by atoms with Crippen LogP contribution in [-0.2, 0) is 4.79 Å². The Balaban J connectivity index is 1.20. The Hall–Kier alpha value is -4.64. The molecular formula is C30H33N9O2. The smallest absolute Gasteiger partial charge is 0.256 e. The van der Waals surface area contributed by atoms with Gasteiger partial charge >= 0.3 is 0 Å². The lowest BCUT2D eigenvalue weighted by molar-refractivity contribution is -0.125. The number of likely N-dealkylation sites (tertiary alicyclic amines) is 1. The standard InChI is InChI=1S/C30H33N9O2/c1-37(2)13-5-7-25(40)38-16-21-14-23(15-22(21)17-38)39-29-26(28(31)33-18-34-29)27(36-39)19-8-10-20(11-9-19)30(41)35-24-6-3-4-12-32-24/h3-12,18,21-23H,13-17H2,1-2H3,(H2,31,33,34)(H,32,35,41). The van der Waals surface area contributed by atoms with Gasteiger partial charge in [-0.3, -0.25) is 9.59 Å². The van der Waals surface area contributed by atoms with Gasteiger partial charge in [-0.2, -0.15) is 5.10 Å². The van der Waals surface area contributed by atoms with Gasteiger partial charge in [0, 0.05) is 43.0 Å². The maximum atomic E-state index is 12.7. The quantitative estimate of drug-likeness (QED) is 0.334. The van der Waals surface area contributed by atoms with Crippen molar-refractivity contribution in [3.05, 3.63) is 72.7 Å². The minimum Gasteiger partial charge on any atom is -0.383 e. The first-order chi connectivity index (χ1) is 19.9. The number of benzene rings is 1. The van der Waals surface area contributed by atoms with Gasteiger partial charge in [-0.15, -0.1) is 0 Å². The van der Waals surface area contributed by atoms with E-state index in [1.54, 1.807) is 36.5 Å². The van der Waals surface area contributed by atoms with Crippen LogP contribution in [0.3, 0.4) is 0 Å². The Kier molecular flexibility index (Phi) is 7.19. The number of fused-ring (bicyclic) bond motifs is 2. The number of nitrogens with one attached hydrogen (secondary N) is 1. The maximum Gasteiger partial charge on any atom is 0.256 e. The lowest BCUT2D eigenvalue weighted by Crippen LogP contribution is -2.28. The number of carbonyl (C=O) groups is 2. The van der Waals surface area contributed by atoms with E-state index in [4.69, 9.17) is 10.8 Å². The van der Waals surface area contributed by atoms with Gasteiger partial charge in [0.2, 0.25) is 5.91 Å². The largest absolute Gasteiger partial charge is 0.383 e. The number of amides is 2. The number of anilines is 2. The van der Waals surface area contributed by atoms with Crippen molar-refractivity contribution in [3.8, 4) is 11.3 Å². The van der Waals surface area contributed by atoms with Crippen LogP contribution in [0, 0.1) is 11.8 Å². The fourth-order valence-corrected chi connectivity index (χ4v) is 5.97. The third kappa shape index (κ3) is 5.40. The van der Waals surface area contributed by atoms with Crippen LogP contribution in [0.2, 0.25) is 0 Å². The molecule has 2 fully saturated rings. The summed E-state index contributed by atoms with van der Waals surface area (Å²) in [5.41, 5.74) is 9.07. The van der Waals surface area contributed by atoms with Crippen LogP contribution in [-0.4, -0.2) is 80.1 Å². The highest BCUT2D eigenvalue weighted by Crippen LogP contribution is 2.45. The van der Waals surface area contributed by atoms with E-state index in [1.807, 2.05) is 52.9 Å². The molecule has 3 N–H and O–H groups in total. The summed E-state index contributed by atoms with van der Waals surface area (Å²) in [6, 6.07) is 12.8. The number of pyridine rings is 1.